The molecule has 0 amide bonds. The maximum atomic E-state index is 8.52. The van der Waals surface area contributed by atoms with Gasteiger partial charge < -0.3 is 9.64 Å². The highest BCUT2D eigenvalue weighted by Gasteiger charge is 2.06. The Hall–Kier alpha value is -0.590. The van der Waals surface area contributed by atoms with Gasteiger partial charge in [0, 0.05) is 39.8 Å². The van der Waals surface area contributed by atoms with Crippen LogP contribution in [0.2, 0.25) is 0 Å². The van der Waals surface area contributed by atoms with E-state index in [1.165, 1.54) is 0 Å². The van der Waals surface area contributed by atoms with Crippen LogP contribution in [0, 0.1) is 17.2 Å². The summed E-state index contributed by atoms with van der Waals surface area (Å²) in [6.45, 7) is 8.21. The molecular weight excluding hydrogens is 176 g/mol. The maximum Gasteiger partial charge on any atom is 0.0635 e. The molecule has 0 saturated carbocycles. The fourth-order valence-corrected chi connectivity index (χ4v) is 1.45. The minimum absolute atomic E-state index is 0.625. The van der Waals surface area contributed by atoms with E-state index in [0.717, 1.165) is 32.7 Å². The average Bonchev–Trinajstić information content (AvgIpc) is 2.13. The van der Waals surface area contributed by atoms with Crippen molar-refractivity contribution >= 4 is 0 Å². The van der Waals surface area contributed by atoms with Gasteiger partial charge in [0.25, 0.3) is 0 Å². The monoisotopic (exact) mass is 198 g/mol. The van der Waals surface area contributed by atoms with Gasteiger partial charge in [-0.2, -0.15) is 5.26 Å². The van der Waals surface area contributed by atoms with Gasteiger partial charge in [0.15, 0.2) is 0 Å². The van der Waals surface area contributed by atoms with E-state index in [1.807, 2.05) is 0 Å². The molecule has 0 spiro atoms. The SMILES string of the molecule is COCCCN(CCC#N)CC(C)C. The van der Waals surface area contributed by atoms with Crippen LogP contribution in [0.25, 0.3) is 0 Å². The second-order valence-electron chi connectivity index (χ2n) is 3.95. The zero-order valence-corrected chi connectivity index (χ0v) is 9.62. The molecule has 0 rings (SSSR count). The third kappa shape index (κ3) is 8.03. The van der Waals surface area contributed by atoms with Crippen molar-refractivity contribution in [1.29, 1.82) is 5.26 Å². The first-order valence-electron chi connectivity index (χ1n) is 5.29. The van der Waals surface area contributed by atoms with Crippen LogP contribution in [-0.4, -0.2) is 38.3 Å². The molecule has 14 heavy (non-hydrogen) atoms. The summed E-state index contributed by atoms with van der Waals surface area (Å²) in [7, 11) is 1.72. The highest BCUT2D eigenvalue weighted by atomic mass is 16.5. The molecule has 0 aliphatic carbocycles. The van der Waals surface area contributed by atoms with E-state index in [1.54, 1.807) is 7.11 Å². The molecule has 0 saturated heterocycles. The molecule has 0 radical (unpaired) electrons. The lowest BCUT2D eigenvalue weighted by Gasteiger charge is -2.22. The van der Waals surface area contributed by atoms with Crippen LogP contribution in [-0.2, 0) is 4.74 Å². The zero-order chi connectivity index (χ0) is 10.8. The molecule has 0 atom stereocenters. The molecule has 0 aromatic rings. The van der Waals surface area contributed by atoms with Crippen LogP contribution in [0.4, 0.5) is 0 Å². The number of ether oxygens (including phenoxy) is 1. The van der Waals surface area contributed by atoms with Crippen molar-refractivity contribution in [3.63, 3.8) is 0 Å². The second-order valence-corrected chi connectivity index (χ2v) is 3.95. The lowest BCUT2D eigenvalue weighted by molar-refractivity contribution is 0.167. The van der Waals surface area contributed by atoms with Gasteiger partial charge in [0.05, 0.1) is 6.07 Å². The van der Waals surface area contributed by atoms with Crippen molar-refractivity contribution in [2.75, 3.05) is 33.4 Å². The molecule has 0 fully saturated rings. The van der Waals surface area contributed by atoms with E-state index in [2.05, 4.69) is 24.8 Å². The quantitative estimate of drug-likeness (QED) is 0.559. The van der Waals surface area contributed by atoms with Gasteiger partial charge in [0.2, 0.25) is 0 Å². The van der Waals surface area contributed by atoms with Gasteiger partial charge >= 0.3 is 0 Å². The first-order chi connectivity index (χ1) is 6.70. The highest BCUT2D eigenvalue weighted by Crippen LogP contribution is 2.01. The van der Waals surface area contributed by atoms with Gasteiger partial charge in [-0.25, -0.2) is 0 Å². The van der Waals surface area contributed by atoms with Gasteiger partial charge in [0.1, 0.15) is 0 Å². The minimum atomic E-state index is 0.625. The van der Waals surface area contributed by atoms with Crippen molar-refractivity contribution in [3.8, 4) is 6.07 Å². The van der Waals surface area contributed by atoms with Crippen LogP contribution in [0.15, 0.2) is 0 Å². The summed E-state index contributed by atoms with van der Waals surface area (Å²) in [5.74, 6) is 0.663. The van der Waals surface area contributed by atoms with Crippen molar-refractivity contribution in [2.45, 2.75) is 26.7 Å². The standard InChI is InChI=1S/C11H22N2O/c1-11(2)10-13(7-4-6-12)8-5-9-14-3/h11H,4-5,7-10H2,1-3H3. The third-order valence-electron chi connectivity index (χ3n) is 1.99. The van der Waals surface area contributed by atoms with E-state index in [0.29, 0.717) is 12.3 Å². The molecule has 82 valence electrons. The number of nitrogens with zero attached hydrogens (tertiary/aromatic N) is 2. The van der Waals surface area contributed by atoms with Crippen LogP contribution >= 0.6 is 0 Å². The summed E-state index contributed by atoms with van der Waals surface area (Å²) < 4.78 is 5.01. The smallest absolute Gasteiger partial charge is 0.0635 e. The fraction of sp³-hybridized carbons (Fsp3) is 0.909. The van der Waals surface area contributed by atoms with E-state index >= 15 is 0 Å². The van der Waals surface area contributed by atoms with Crippen molar-refractivity contribution < 1.29 is 4.74 Å². The Labute approximate surface area is 87.7 Å². The average molecular weight is 198 g/mol. The van der Waals surface area contributed by atoms with Crippen molar-refractivity contribution in [1.82, 2.24) is 4.90 Å². The molecule has 0 unspecified atom stereocenters. The molecule has 0 N–H and O–H groups in total. The van der Waals surface area contributed by atoms with Crippen LogP contribution in [0.5, 0.6) is 0 Å². The van der Waals surface area contributed by atoms with Crippen LogP contribution in [0.3, 0.4) is 0 Å². The Balaban J connectivity index is 3.67. The lowest BCUT2D eigenvalue weighted by atomic mass is 10.2. The second kappa shape index (κ2) is 8.98. The number of hydrogen-bond donors (Lipinski definition) is 0. The summed E-state index contributed by atoms with van der Waals surface area (Å²) in [5.41, 5.74) is 0. The predicted molar refractivity (Wildman–Crippen MR) is 58.0 cm³/mol. The van der Waals surface area contributed by atoms with E-state index in [4.69, 9.17) is 10.00 Å². The fourth-order valence-electron chi connectivity index (χ4n) is 1.45. The topological polar surface area (TPSA) is 36.3 Å². The molecular formula is C11H22N2O. The molecule has 0 aliphatic heterocycles. The van der Waals surface area contributed by atoms with Crippen molar-refractivity contribution in [2.24, 2.45) is 5.92 Å². The first-order valence-corrected chi connectivity index (χ1v) is 5.29. The Morgan fingerprint density at radius 2 is 2.07 bits per heavy atom. The summed E-state index contributed by atoms with van der Waals surface area (Å²) in [4.78, 5) is 2.34. The molecule has 0 heterocycles. The molecule has 0 aliphatic rings. The number of nitriles is 1. The van der Waals surface area contributed by atoms with Crippen LogP contribution < -0.4 is 0 Å². The Kier molecular flexibility index (Phi) is 8.61. The molecule has 0 bridgehead atoms. The van der Waals surface area contributed by atoms with Crippen molar-refractivity contribution in [3.05, 3.63) is 0 Å². The molecule has 0 aromatic heterocycles. The lowest BCUT2D eigenvalue weighted by Crippen LogP contribution is -2.30. The number of hydrogen-bond acceptors (Lipinski definition) is 3. The van der Waals surface area contributed by atoms with E-state index in [-0.39, 0.29) is 0 Å². The van der Waals surface area contributed by atoms with Crippen LogP contribution in [0.1, 0.15) is 26.7 Å². The molecule has 0 aromatic carbocycles. The third-order valence-corrected chi connectivity index (χ3v) is 1.99. The summed E-state index contributed by atoms with van der Waals surface area (Å²) in [6, 6.07) is 2.19. The normalized spacial score (nSPS) is 10.9. The first kappa shape index (κ1) is 13.4. The van der Waals surface area contributed by atoms with E-state index in [9.17, 15) is 0 Å². The Morgan fingerprint density at radius 3 is 2.57 bits per heavy atom. The van der Waals surface area contributed by atoms with Gasteiger partial charge in [-0.3, -0.25) is 0 Å². The number of rotatable bonds is 8. The largest absolute Gasteiger partial charge is 0.385 e. The summed E-state index contributed by atoms with van der Waals surface area (Å²) in [5, 5.41) is 8.52. The Bertz CT molecular complexity index is 163. The minimum Gasteiger partial charge on any atom is -0.385 e. The van der Waals surface area contributed by atoms with E-state index < -0.39 is 0 Å². The van der Waals surface area contributed by atoms with Gasteiger partial charge in [-0.05, 0) is 12.3 Å². The summed E-state index contributed by atoms with van der Waals surface area (Å²) in [6.07, 6.45) is 1.67. The highest BCUT2D eigenvalue weighted by molar-refractivity contribution is 4.72. The molecule has 3 heteroatoms. The van der Waals surface area contributed by atoms with Gasteiger partial charge in [-0.1, -0.05) is 13.8 Å². The predicted octanol–water partition coefficient (Wildman–Crippen LogP) is 1.89. The zero-order valence-electron chi connectivity index (χ0n) is 9.62. The number of methoxy groups -OCH3 is 1. The maximum absolute atomic E-state index is 8.52. The summed E-state index contributed by atoms with van der Waals surface area (Å²) >= 11 is 0. The van der Waals surface area contributed by atoms with Gasteiger partial charge in [-0.15, -0.1) is 0 Å². The Morgan fingerprint density at radius 1 is 1.36 bits per heavy atom. The molecule has 3 nitrogen and oxygen atoms in total.